The first-order chi connectivity index (χ1) is 27.8. The lowest BCUT2D eigenvalue weighted by atomic mass is 9.64. The third kappa shape index (κ3) is 4.95. The summed E-state index contributed by atoms with van der Waals surface area (Å²) in [5.41, 5.74) is 20.4. The van der Waals surface area contributed by atoms with Gasteiger partial charge < -0.3 is 4.90 Å². The van der Waals surface area contributed by atoms with Crippen LogP contribution in [0.3, 0.4) is 0 Å². The second-order valence-electron chi connectivity index (χ2n) is 14.9. The van der Waals surface area contributed by atoms with E-state index in [1.807, 2.05) is 0 Å². The van der Waals surface area contributed by atoms with Gasteiger partial charge in [0.25, 0.3) is 0 Å². The summed E-state index contributed by atoms with van der Waals surface area (Å²) < 4.78 is 0. The second kappa shape index (κ2) is 13.0. The van der Waals surface area contributed by atoms with Crippen molar-refractivity contribution in [2.75, 3.05) is 4.90 Å². The molecule has 1 nitrogen and oxygen atoms in total. The number of fused-ring (bicyclic) bond motifs is 9. The molecule has 0 bridgehead atoms. The fraction of sp³-hybridized carbons (Fsp3) is 0.0182. The van der Waals surface area contributed by atoms with Crippen LogP contribution in [0, 0.1) is 0 Å². The smallest absolute Gasteiger partial charge is 0.0754 e. The number of benzene rings is 9. The van der Waals surface area contributed by atoms with Gasteiger partial charge in [0.05, 0.1) is 16.8 Å². The predicted octanol–water partition coefficient (Wildman–Crippen LogP) is 14.5. The molecule has 0 unspecified atom stereocenters. The van der Waals surface area contributed by atoms with Crippen molar-refractivity contribution in [1.82, 2.24) is 0 Å². The average Bonchev–Trinajstić information content (AvgIpc) is 3.57. The van der Waals surface area contributed by atoms with Crippen LogP contribution >= 0.6 is 0 Å². The van der Waals surface area contributed by atoms with Gasteiger partial charge in [0.2, 0.25) is 0 Å². The van der Waals surface area contributed by atoms with E-state index in [9.17, 15) is 0 Å². The number of rotatable bonds is 5. The van der Waals surface area contributed by atoms with Crippen LogP contribution in [0.2, 0.25) is 0 Å². The lowest BCUT2D eigenvalue weighted by Crippen LogP contribution is -2.36. The minimum absolute atomic E-state index is 0.566. The standard InChI is InChI=1S/C55H37N/c1-5-17-38(18-6-1)42-29-31-47-48-32-30-43(39-19-7-2-8-20-39)37-52(48)55(51(47)36-42)49-25-13-15-27-53(49)56(54-28-16-14-26-50(54)55)46-34-44(40-21-9-3-10-22-40)33-45(35-46)41-23-11-4-12-24-41/h1-37H. The summed E-state index contributed by atoms with van der Waals surface area (Å²) in [6.07, 6.45) is 0. The highest BCUT2D eigenvalue weighted by Crippen LogP contribution is 2.64. The molecule has 0 atom stereocenters. The first-order valence-electron chi connectivity index (χ1n) is 19.4. The van der Waals surface area contributed by atoms with Gasteiger partial charge in [0, 0.05) is 5.69 Å². The van der Waals surface area contributed by atoms with Gasteiger partial charge in [-0.25, -0.2) is 0 Å². The maximum absolute atomic E-state index is 2.51. The quantitative estimate of drug-likeness (QED) is 0.172. The molecule has 1 heteroatoms. The zero-order valence-electron chi connectivity index (χ0n) is 30.8. The molecule has 0 saturated carbocycles. The van der Waals surface area contributed by atoms with E-state index in [2.05, 4.69) is 229 Å². The Kier molecular flexibility index (Phi) is 7.47. The molecule has 0 fully saturated rings. The number of hydrogen-bond acceptors (Lipinski definition) is 1. The highest BCUT2D eigenvalue weighted by Gasteiger charge is 2.52. The van der Waals surface area contributed by atoms with E-state index in [-0.39, 0.29) is 0 Å². The van der Waals surface area contributed by atoms with Crippen LogP contribution in [0.1, 0.15) is 22.3 Å². The monoisotopic (exact) mass is 711 g/mol. The van der Waals surface area contributed by atoms with Gasteiger partial charge in [0.1, 0.15) is 0 Å². The summed E-state index contributed by atoms with van der Waals surface area (Å²) in [5, 5.41) is 0. The van der Waals surface area contributed by atoms with Crippen molar-refractivity contribution in [3.63, 3.8) is 0 Å². The molecule has 0 saturated heterocycles. The van der Waals surface area contributed by atoms with Crippen molar-refractivity contribution in [1.29, 1.82) is 0 Å². The minimum atomic E-state index is -0.566. The van der Waals surface area contributed by atoms with Crippen molar-refractivity contribution in [2.45, 2.75) is 5.41 Å². The van der Waals surface area contributed by atoms with Gasteiger partial charge in [-0.15, -0.1) is 0 Å². The third-order valence-electron chi connectivity index (χ3n) is 11.8. The SMILES string of the molecule is c1ccc(-c2cc(-c3ccccc3)cc(N3c4ccccc4C4(c5cc(-c6ccccc6)ccc5-c5ccc(-c6ccccc6)cc54)c4ccccc43)c2)cc1. The van der Waals surface area contributed by atoms with Crippen molar-refractivity contribution in [3.05, 3.63) is 247 Å². The summed E-state index contributed by atoms with van der Waals surface area (Å²) in [5.74, 6) is 0. The van der Waals surface area contributed by atoms with Crippen LogP contribution in [0.15, 0.2) is 224 Å². The Balaban J connectivity index is 1.22. The van der Waals surface area contributed by atoms with Gasteiger partial charge in [-0.05, 0) is 120 Å². The highest BCUT2D eigenvalue weighted by atomic mass is 15.2. The van der Waals surface area contributed by atoms with Crippen LogP contribution in [-0.2, 0) is 5.41 Å². The third-order valence-corrected chi connectivity index (χ3v) is 11.8. The Labute approximate surface area is 328 Å². The van der Waals surface area contributed by atoms with E-state index in [1.54, 1.807) is 0 Å². The molecule has 0 aromatic heterocycles. The molecule has 262 valence electrons. The number of para-hydroxylation sites is 2. The van der Waals surface area contributed by atoms with E-state index in [4.69, 9.17) is 0 Å². The summed E-state index contributed by atoms with van der Waals surface area (Å²) in [7, 11) is 0. The number of hydrogen-bond donors (Lipinski definition) is 0. The lowest BCUT2D eigenvalue weighted by Gasteiger charge is -2.45. The Morgan fingerprint density at radius 2 is 0.607 bits per heavy atom. The molecule has 2 aliphatic rings. The molecule has 11 rings (SSSR count). The summed E-state index contributed by atoms with van der Waals surface area (Å²) in [6.45, 7) is 0. The molecule has 0 amide bonds. The molecule has 1 heterocycles. The summed E-state index contributed by atoms with van der Waals surface area (Å²) >= 11 is 0. The lowest BCUT2D eigenvalue weighted by molar-refractivity contribution is 0.753. The Hall–Kier alpha value is -7.22. The molecule has 1 spiro atoms. The Bertz CT molecular complexity index is 2700. The normalized spacial score (nSPS) is 13.1. The predicted molar refractivity (Wildman–Crippen MR) is 234 cm³/mol. The van der Waals surface area contributed by atoms with Crippen LogP contribution < -0.4 is 4.90 Å². The molecular weight excluding hydrogens is 675 g/mol. The van der Waals surface area contributed by atoms with Crippen LogP contribution in [0.4, 0.5) is 17.1 Å². The molecule has 0 radical (unpaired) electrons. The van der Waals surface area contributed by atoms with E-state index in [0.717, 1.165) is 5.69 Å². The first-order valence-corrected chi connectivity index (χ1v) is 19.4. The molecule has 1 aliphatic heterocycles. The van der Waals surface area contributed by atoms with Gasteiger partial charge in [-0.1, -0.05) is 182 Å². The number of anilines is 3. The van der Waals surface area contributed by atoms with Crippen molar-refractivity contribution in [2.24, 2.45) is 0 Å². The van der Waals surface area contributed by atoms with E-state index in [1.165, 1.54) is 89.3 Å². The average molecular weight is 712 g/mol. The van der Waals surface area contributed by atoms with Gasteiger partial charge >= 0.3 is 0 Å². The molecule has 9 aromatic carbocycles. The van der Waals surface area contributed by atoms with Crippen molar-refractivity contribution >= 4 is 17.1 Å². The van der Waals surface area contributed by atoms with Crippen molar-refractivity contribution < 1.29 is 0 Å². The largest absolute Gasteiger partial charge is 0.310 e. The Morgan fingerprint density at radius 3 is 1.02 bits per heavy atom. The van der Waals surface area contributed by atoms with E-state index >= 15 is 0 Å². The van der Waals surface area contributed by atoms with Crippen LogP contribution in [-0.4, -0.2) is 0 Å². The highest BCUT2D eigenvalue weighted by molar-refractivity contribution is 5.98. The van der Waals surface area contributed by atoms with Gasteiger partial charge in [0.15, 0.2) is 0 Å². The van der Waals surface area contributed by atoms with Crippen LogP contribution in [0.25, 0.3) is 55.6 Å². The first kappa shape index (κ1) is 32.2. The molecule has 9 aromatic rings. The van der Waals surface area contributed by atoms with Crippen molar-refractivity contribution in [3.8, 4) is 55.6 Å². The minimum Gasteiger partial charge on any atom is -0.310 e. The maximum Gasteiger partial charge on any atom is 0.0754 e. The summed E-state index contributed by atoms with van der Waals surface area (Å²) in [4.78, 5) is 2.51. The number of nitrogens with zero attached hydrogens (tertiary/aromatic N) is 1. The molecular formula is C55H37N. The van der Waals surface area contributed by atoms with Gasteiger partial charge in [-0.3, -0.25) is 0 Å². The Morgan fingerprint density at radius 1 is 0.250 bits per heavy atom. The zero-order chi connectivity index (χ0) is 37.1. The van der Waals surface area contributed by atoms with Crippen LogP contribution in [0.5, 0.6) is 0 Å². The topological polar surface area (TPSA) is 3.24 Å². The molecule has 0 N–H and O–H groups in total. The zero-order valence-corrected chi connectivity index (χ0v) is 30.8. The van der Waals surface area contributed by atoms with E-state index < -0.39 is 5.41 Å². The molecule has 56 heavy (non-hydrogen) atoms. The maximum atomic E-state index is 2.51. The van der Waals surface area contributed by atoms with Gasteiger partial charge in [-0.2, -0.15) is 0 Å². The van der Waals surface area contributed by atoms with E-state index in [0.29, 0.717) is 0 Å². The molecule has 1 aliphatic carbocycles. The fourth-order valence-electron chi connectivity index (χ4n) is 9.38. The fourth-order valence-corrected chi connectivity index (χ4v) is 9.38. The second-order valence-corrected chi connectivity index (χ2v) is 14.9. The summed E-state index contributed by atoms with van der Waals surface area (Å²) in [6, 6.07) is 82.7.